The van der Waals surface area contributed by atoms with Gasteiger partial charge >= 0.3 is 0 Å². The fraction of sp³-hybridized carbons (Fsp3) is 0.238. The summed E-state index contributed by atoms with van der Waals surface area (Å²) in [6.07, 6.45) is 3.79. The van der Waals surface area contributed by atoms with Crippen molar-refractivity contribution >= 4 is 23.4 Å². The molecule has 0 bridgehead atoms. The number of nitrogens with zero attached hydrogens (tertiary/aromatic N) is 2. The third-order valence-electron chi connectivity index (χ3n) is 5.69. The molecule has 0 spiro atoms. The smallest absolute Gasteiger partial charge is 0.175 e. The number of fused-ring (bicyclic) bond motifs is 4. The average molecular weight is 314 g/mol. The summed E-state index contributed by atoms with van der Waals surface area (Å²) in [6, 6.07) is 16.5. The van der Waals surface area contributed by atoms with Gasteiger partial charge in [-0.1, -0.05) is 44.2 Å². The highest BCUT2D eigenvalue weighted by atomic mass is 16.1. The molecule has 3 nitrogen and oxygen atoms in total. The Morgan fingerprint density at radius 3 is 2.54 bits per heavy atom. The molecule has 0 saturated carbocycles. The lowest BCUT2D eigenvalue weighted by Gasteiger charge is -2.52. The van der Waals surface area contributed by atoms with Gasteiger partial charge in [-0.05, 0) is 29.3 Å². The van der Waals surface area contributed by atoms with Crippen molar-refractivity contribution in [3.05, 3.63) is 71.4 Å². The van der Waals surface area contributed by atoms with Crippen LogP contribution in [0.15, 0.2) is 65.3 Å². The van der Waals surface area contributed by atoms with Gasteiger partial charge < -0.3 is 4.90 Å². The minimum Gasteiger partial charge on any atom is -0.332 e. The molecule has 0 fully saturated rings. The first-order valence-electron chi connectivity index (χ1n) is 8.36. The Morgan fingerprint density at radius 1 is 1.00 bits per heavy atom. The van der Waals surface area contributed by atoms with Crippen LogP contribution in [-0.2, 0) is 5.41 Å². The van der Waals surface area contributed by atoms with Crippen LogP contribution in [0.25, 0.3) is 0 Å². The molecule has 0 N–H and O–H groups in total. The van der Waals surface area contributed by atoms with E-state index in [2.05, 4.69) is 54.1 Å². The lowest BCUT2D eigenvalue weighted by molar-refractivity contribution is 0.0938. The van der Waals surface area contributed by atoms with Gasteiger partial charge in [-0.3, -0.25) is 9.79 Å². The fourth-order valence-electron chi connectivity index (χ4n) is 4.48. The quantitative estimate of drug-likeness (QED) is 0.727. The van der Waals surface area contributed by atoms with Crippen molar-refractivity contribution in [1.82, 2.24) is 0 Å². The second-order valence-corrected chi connectivity index (χ2v) is 7.25. The van der Waals surface area contributed by atoms with Crippen LogP contribution in [0.3, 0.4) is 0 Å². The lowest BCUT2D eigenvalue weighted by Crippen LogP contribution is -2.55. The van der Waals surface area contributed by atoms with Crippen molar-refractivity contribution in [3.63, 3.8) is 0 Å². The number of anilines is 2. The van der Waals surface area contributed by atoms with E-state index in [4.69, 9.17) is 0 Å². The number of Topliss-reactive ketones (excluding diaryl/α,β-unsaturated/α-hetero) is 1. The molecule has 0 aromatic heterocycles. The second-order valence-electron chi connectivity index (χ2n) is 7.25. The SMILES string of the molecule is CC1(C)C2=CN=CC3C(=O)c4ccccc4N(c4ccccc41)C23. The predicted molar refractivity (Wildman–Crippen MR) is 96.2 cm³/mol. The van der Waals surface area contributed by atoms with Crippen molar-refractivity contribution < 1.29 is 4.79 Å². The third-order valence-corrected chi connectivity index (χ3v) is 5.69. The Hall–Kier alpha value is -2.68. The molecule has 0 saturated heterocycles. The number of hydrogen-bond donors (Lipinski definition) is 0. The normalized spacial score (nSPS) is 25.5. The molecular formula is C21H18N2O. The number of carbonyl (C=O) groups is 1. The number of carbonyl (C=O) groups excluding carboxylic acids is 1. The minimum absolute atomic E-state index is 0.0230. The number of ketones is 1. The molecule has 2 atom stereocenters. The molecule has 2 aromatic carbocycles. The van der Waals surface area contributed by atoms with Gasteiger partial charge in [0.15, 0.2) is 5.78 Å². The molecular weight excluding hydrogens is 296 g/mol. The van der Waals surface area contributed by atoms with Crippen LogP contribution in [0, 0.1) is 5.92 Å². The Labute approximate surface area is 141 Å². The van der Waals surface area contributed by atoms with E-state index in [1.54, 1.807) is 0 Å². The van der Waals surface area contributed by atoms with E-state index in [9.17, 15) is 4.79 Å². The van der Waals surface area contributed by atoms with Gasteiger partial charge in [0.1, 0.15) is 0 Å². The van der Waals surface area contributed by atoms with E-state index in [1.165, 1.54) is 16.8 Å². The van der Waals surface area contributed by atoms with Gasteiger partial charge in [0.05, 0.1) is 17.6 Å². The van der Waals surface area contributed by atoms with E-state index in [1.807, 2.05) is 30.6 Å². The van der Waals surface area contributed by atoms with E-state index in [0.717, 1.165) is 11.3 Å². The average Bonchev–Trinajstić information content (AvgIpc) is 2.61. The molecule has 3 heteroatoms. The van der Waals surface area contributed by atoms with Crippen molar-refractivity contribution in [2.24, 2.45) is 10.9 Å². The van der Waals surface area contributed by atoms with Crippen LogP contribution in [0.4, 0.5) is 11.4 Å². The monoisotopic (exact) mass is 314 g/mol. The summed E-state index contributed by atoms with van der Waals surface area (Å²) < 4.78 is 0. The van der Waals surface area contributed by atoms with E-state index < -0.39 is 0 Å². The minimum atomic E-state index is -0.215. The topological polar surface area (TPSA) is 32.7 Å². The number of benzene rings is 2. The van der Waals surface area contributed by atoms with Crippen LogP contribution in [-0.4, -0.2) is 18.0 Å². The van der Waals surface area contributed by atoms with Crippen LogP contribution < -0.4 is 4.90 Å². The Balaban J connectivity index is 1.89. The van der Waals surface area contributed by atoms with Gasteiger partial charge in [0.25, 0.3) is 0 Å². The van der Waals surface area contributed by atoms with Crippen molar-refractivity contribution in [2.45, 2.75) is 25.3 Å². The highest BCUT2D eigenvalue weighted by Gasteiger charge is 2.51. The van der Waals surface area contributed by atoms with Crippen LogP contribution >= 0.6 is 0 Å². The highest BCUT2D eigenvalue weighted by Crippen LogP contribution is 2.53. The van der Waals surface area contributed by atoms with E-state index in [0.29, 0.717) is 0 Å². The molecule has 118 valence electrons. The van der Waals surface area contributed by atoms with Crippen molar-refractivity contribution in [2.75, 3.05) is 4.90 Å². The summed E-state index contributed by atoms with van der Waals surface area (Å²) in [5, 5.41) is 0. The number of hydrogen-bond acceptors (Lipinski definition) is 3. The maximum atomic E-state index is 13.1. The molecule has 0 aliphatic carbocycles. The Morgan fingerprint density at radius 2 is 1.71 bits per heavy atom. The van der Waals surface area contributed by atoms with Crippen molar-refractivity contribution in [1.29, 1.82) is 0 Å². The molecule has 3 heterocycles. The largest absolute Gasteiger partial charge is 0.332 e. The van der Waals surface area contributed by atoms with Crippen LogP contribution in [0.2, 0.25) is 0 Å². The van der Waals surface area contributed by atoms with Gasteiger partial charge in [0, 0.05) is 29.1 Å². The molecule has 3 aliphatic heterocycles. The first-order valence-corrected chi connectivity index (χ1v) is 8.36. The maximum absolute atomic E-state index is 13.1. The zero-order valence-corrected chi connectivity index (χ0v) is 13.7. The molecule has 24 heavy (non-hydrogen) atoms. The van der Waals surface area contributed by atoms with Gasteiger partial charge in [-0.2, -0.15) is 0 Å². The second kappa shape index (κ2) is 4.44. The summed E-state index contributed by atoms with van der Waals surface area (Å²) in [4.78, 5) is 19.8. The standard InChI is InChI=1S/C21H18N2O/c1-21(2)15-8-4-6-10-18(15)23-17-9-5-3-7-13(17)20(24)14-11-22-12-16(21)19(14)23/h3-12,14,19H,1-2H3. The Bertz CT molecular complexity index is 938. The first kappa shape index (κ1) is 13.7. The van der Waals surface area contributed by atoms with Crippen LogP contribution in [0.1, 0.15) is 29.8 Å². The zero-order chi connectivity index (χ0) is 16.5. The number of aliphatic imine (C=N–C) groups is 1. The molecule has 2 aromatic rings. The summed E-state index contributed by atoms with van der Waals surface area (Å²) in [7, 11) is 0. The summed E-state index contributed by atoms with van der Waals surface area (Å²) in [6.45, 7) is 4.47. The lowest BCUT2D eigenvalue weighted by atomic mass is 9.65. The molecule has 5 rings (SSSR count). The molecule has 0 radical (unpaired) electrons. The Kier molecular flexibility index (Phi) is 2.54. The van der Waals surface area contributed by atoms with E-state index >= 15 is 0 Å². The molecule has 3 aliphatic rings. The molecule has 2 unspecified atom stereocenters. The third kappa shape index (κ3) is 1.52. The highest BCUT2D eigenvalue weighted by molar-refractivity contribution is 6.14. The predicted octanol–water partition coefficient (Wildman–Crippen LogP) is 4.27. The first-order chi connectivity index (χ1) is 11.6. The molecule has 0 amide bonds. The van der Waals surface area contributed by atoms with Crippen LogP contribution in [0.5, 0.6) is 0 Å². The summed E-state index contributed by atoms with van der Waals surface area (Å²) >= 11 is 0. The summed E-state index contributed by atoms with van der Waals surface area (Å²) in [5.41, 5.74) is 5.36. The number of rotatable bonds is 0. The van der Waals surface area contributed by atoms with Crippen molar-refractivity contribution in [3.8, 4) is 0 Å². The zero-order valence-electron chi connectivity index (χ0n) is 13.7. The van der Waals surface area contributed by atoms with Gasteiger partial charge in [-0.25, -0.2) is 0 Å². The van der Waals surface area contributed by atoms with Gasteiger partial charge in [-0.15, -0.1) is 0 Å². The fourth-order valence-corrected chi connectivity index (χ4v) is 4.48. The maximum Gasteiger partial charge on any atom is 0.175 e. The van der Waals surface area contributed by atoms with E-state index in [-0.39, 0.29) is 23.2 Å². The number of para-hydroxylation sites is 2. The van der Waals surface area contributed by atoms with Gasteiger partial charge in [0.2, 0.25) is 0 Å². The summed E-state index contributed by atoms with van der Waals surface area (Å²) in [5.74, 6) is -0.0380.